The maximum absolute atomic E-state index is 13.3. The van der Waals surface area contributed by atoms with Gasteiger partial charge in [-0.05, 0) is 48.9 Å². The standard InChI is InChI=1S/C19H17FN2O3/c1-13-9-21-19(25-13)11-22(16-5-3-15(20)4-6-16)10-14-2-7-17-18(8-14)24-12-23-17/h2-9H,10-12H2,1H3. The lowest BCUT2D eigenvalue weighted by molar-refractivity contribution is 0.174. The van der Waals surface area contributed by atoms with E-state index in [1.807, 2.05) is 25.1 Å². The van der Waals surface area contributed by atoms with E-state index in [9.17, 15) is 4.39 Å². The Bertz CT molecular complexity index is 877. The van der Waals surface area contributed by atoms with Crippen molar-refractivity contribution in [1.82, 2.24) is 4.98 Å². The zero-order valence-corrected chi connectivity index (χ0v) is 13.7. The number of fused-ring (bicyclic) bond motifs is 1. The van der Waals surface area contributed by atoms with Crippen LogP contribution in [-0.4, -0.2) is 11.8 Å². The topological polar surface area (TPSA) is 47.7 Å². The first-order valence-corrected chi connectivity index (χ1v) is 7.98. The fourth-order valence-corrected chi connectivity index (χ4v) is 2.79. The predicted octanol–water partition coefficient (Wildman–Crippen LogP) is 4.06. The van der Waals surface area contributed by atoms with Crippen LogP contribution in [0.4, 0.5) is 10.1 Å². The van der Waals surface area contributed by atoms with Gasteiger partial charge in [0.25, 0.3) is 0 Å². The highest BCUT2D eigenvalue weighted by molar-refractivity contribution is 5.49. The molecule has 0 aliphatic carbocycles. The molecule has 0 atom stereocenters. The van der Waals surface area contributed by atoms with Crippen molar-refractivity contribution in [2.75, 3.05) is 11.7 Å². The molecular formula is C19H17FN2O3. The lowest BCUT2D eigenvalue weighted by atomic mass is 10.1. The molecule has 1 aliphatic rings. The van der Waals surface area contributed by atoms with Gasteiger partial charge in [0.1, 0.15) is 11.6 Å². The van der Waals surface area contributed by atoms with E-state index in [-0.39, 0.29) is 12.6 Å². The monoisotopic (exact) mass is 340 g/mol. The molecule has 0 N–H and O–H groups in total. The van der Waals surface area contributed by atoms with Gasteiger partial charge in [0, 0.05) is 12.2 Å². The summed E-state index contributed by atoms with van der Waals surface area (Å²) in [6.45, 7) is 3.18. The molecule has 2 heterocycles. The predicted molar refractivity (Wildman–Crippen MR) is 90.1 cm³/mol. The van der Waals surface area contributed by atoms with Crippen molar-refractivity contribution in [3.05, 3.63) is 71.7 Å². The second-order valence-electron chi connectivity index (χ2n) is 5.88. The van der Waals surface area contributed by atoms with Gasteiger partial charge in [-0.15, -0.1) is 0 Å². The first-order valence-electron chi connectivity index (χ1n) is 7.98. The Kier molecular flexibility index (Phi) is 4.01. The van der Waals surface area contributed by atoms with Crippen molar-refractivity contribution >= 4 is 5.69 Å². The maximum atomic E-state index is 13.3. The number of nitrogens with zero attached hydrogens (tertiary/aromatic N) is 2. The molecule has 0 radical (unpaired) electrons. The summed E-state index contributed by atoms with van der Waals surface area (Å²) in [6.07, 6.45) is 1.69. The van der Waals surface area contributed by atoms with Gasteiger partial charge < -0.3 is 18.8 Å². The largest absolute Gasteiger partial charge is 0.454 e. The Morgan fingerprint density at radius 3 is 2.60 bits per heavy atom. The summed E-state index contributed by atoms with van der Waals surface area (Å²) in [6, 6.07) is 12.2. The molecule has 0 saturated carbocycles. The molecule has 0 fully saturated rings. The summed E-state index contributed by atoms with van der Waals surface area (Å²) < 4.78 is 29.7. The van der Waals surface area contributed by atoms with Gasteiger partial charge in [0.2, 0.25) is 12.7 Å². The minimum Gasteiger partial charge on any atom is -0.454 e. The van der Waals surface area contributed by atoms with Gasteiger partial charge >= 0.3 is 0 Å². The van der Waals surface area contributed by atoms with Crippen LogP contribution in [0.5, 0.6) is 11.5 Å². The van der Waals surface area contributed by atoms with Crippen LogP contribution in [0.2, 0.25) is 0 Å². The Balaban J connectivity index is 1.61. The van der Waals surface area contributed by atoms with Crippen LogP contribution in [0.15, 0.2) is 53.1 Å². The second kappa shape index (κ2) is 6.47. The van der Waals surface area contributed by atoms with E-state index in [0.717, 1.165) is 28.5 Å². The average Bonchev–Trinajstić information content (AvgIpc) is 3.23. The van der Waals surface area contributed by atoms with Crippen molar-refractivity contribution in [2.45, 2.75) is 20.0 Å². The van der Waals surface area contributed by atoms with E-state index < -0.39 is 0 Å². The molecule has 1 aliphatic heterocycles. The van der Waals surface area contributed by atoms with E-state index in [0.29, 0.717) is 19.0 Å². The lowest BCUT2D eigenvalue weighted by Crippen LogP contribution is -2.22. The van der Waals surface area contributed by atoms with Gasteiger partial charge in [-0.2, -0.15) is 0 Å². The van der Waals surface area contributed by atoms with E-state index in [4.69, 9.17) is 13.9 Å². The highest BCUT2D eigenvalue weighted by Crippen LogP contribution is 2.33. The minimum absolute atomic E-state index is 0.246. The molecule has 0 saturated heterocycles. The molecule has 4 rings (SSSR count). The molecule has 25 heavy (non-hydrogen) atoms. The molecule has 3 aromatic rings. The van der Waals surface area contributed by atoms with E-state index in [1.54, 1.807) is 18.3 Å². The Morgan fingerprint density at radius 2 is 1.84 bits per heavy atom. The van der Waals surface area contributed by atoms with Crippen molar-refractivity contribution in [3.63, 3.8) is 0 Å². The number of oxazole rings is 1. The summed E-state index contributed by atoms with van der Waals surface area (Å²) in [5.41, 5.74) is 1.94. The van der Waals surface area contributed by atoms with Gasteiger partial charge in [0.15, 0.2) is 11.5 Å². The Hall–Kier alpha value is -3.02. The molecule has 0 spiro atoms. The SMILES string of the molecule is Cc1cnc(CN(Cc2ccc3c(c2)OCO3)c2ccc(F)cc2)o1. The van der Waals surface area contributed by atoms with Gasteiger partial charge in [-0.25, -0.2) is 9.37 Å². The number of aromatic nitrogens is 1. The Morgan fingerprint density at radius 1 is 1.04 bits per heavy atom. The summed E-state index contributed by atoms with van der Waals surface area (Å²) >= 11 is 0. The lowest BCUT2D eigenvalue weighted by Gasteiger charge is -2.23. The average molecular weight is 340 g/mol. The zero-order valence-electron chi connectivity index (χ0n) is 13.7. The number of hydrogen-bond acceptors (Lipinski definition) is 5. The Labute approximate surface area is 144 Å². The fourth-order valence-electron chi connectivity index (χ4n) is 2.79. The number of benzene rings is 2. The van der Waals surface area contributed by atoms with Crippen molar-refractivity contribution in [2.24, 2.45) is 0 Å². The molecule has 0 bridgehead atoms. The zero-order chi connectivity index (χ0) is 17.2. The van der Waals surface area contributed by atoms with Crippen LogP contribution >= 0.6 is 0 Å². The number of aryl methyl sites for hydroxylation is 1. The van der Waals surface area contributed by atoms with Crippen LogP contribution < -0.4 is 14.4 Å². The molecule has 2 aromatic carbocycles. The highest BCUT2D eigenvalue weighted by atomic mass is 19.1. The van der Waals surface area contributed by atoms with Gasteiger partial charge in [-0.3, -0.25) is 0 Å². The normalized spacial score (nSPS) is 12.4. The van der Waals surface area contributed by atoms with Crippen LogP contribution in [0, 0.1) is 12.7 Å². The third-order valence-corrected chi connectivity index (χ3v) is 4.00. The van der Waals surface area contributed by atoms with Crippen molar-refractivity contribution in [1.29, 1.82) is 0 Å². The fraction of sp³-hybridized carbons (Fsp3) is 0.211. The third-order valence-electron chi connectivity index (χ3n) is 4.00. The summed E-state index contributed by atoms with van der Waals surface area (Å²) in [7, 11) is 0. The maximum Gasteiger partial charge on any atom is 0.231 e. The van der Waals surface area contributed by atoms with E-state index >= 15 is 0 Å². The van der Waals surface area contributed by atoms with Crippen molar-refractivity contribution < 1.29 is 18.3 Å². The number of halogens is 1. The molecule has 1 aromatic heterocycles. The minimum atomic E-state index is -0.265. The smallest absolute Gasteiger partial charge is 0.231 e. The van der Waals surface area contributed by atoms with E-state index in [1.165, 1.54) is 12.1 Å². The van der Waals surface area contributed by atoms with Crippen LogP contribution in [0.1, 0.15) is 17.2 Å². The quantitative estimate of drug-likeness (QED) is 0.701. The van der Waals surface area contributed by atoms with Gasteiger partial charge in [-0.1, -0.05) is 6.07 Å². The third kappa shape index (κ3) is 3.42. The number of ether oxygens (including phenoxy) is 2. The van der Waals surface area contributed by atoms with E-state index in [2.05, 4.69) is 9.88 Å². The van der Waals surface area contributed by atoms with Crippen LogP contribution in [-0.2, 0) is 13.1 Å². The van der Waals surface area contributed by atoms with Gasteiger partial charge in [0.05, 0.1) is 12.7 Å². The first kappa shape index (κ1) is 15.5. The summed E-state index contributed by atoms with van der Waals surface area (Å²) in [5.74, 6) is 2.60. The molecular weight excluding hydrogens is 323 g/mol. The number of rotatable bonds is 5. The van der Waals surface area contributed by atoms with Crippen molar-refractivity contribution in [3.8, 4) is 11.5 Å². The first-order chi connectivity index (χ1) is 12.2. The molecule has 128 valence electrons. The second-order valence-corrected chi connectivity index (χ2v) is 5.88. The molecule has 6 heteroatoms. The number of hydrogen-bond donors (Lipinski definition) is 0. The van der Waals surface area contributed by atoms with Crippen LogP contribution in [0.3, 0.4) is 0 Å². The summed E-state index contributed by atoms with van der Waals surface area (Å²) in [4.78, 5) is 6.34. The molecule has 0 amide bonds. The highest BCUT2D eigenvalue weighted by Gasteiger charge is 2.16. The van der Waals surface area contributed by atoms with Crippen LogP contribution in [0.25, 0.3) is 0 Å². The molecule has 5 nitrogen and oxygen atoms in total. The number of anilines is 1. The molecule has 0 unspecified atom stereocenters. The summed E-state index contributed by atoms with van der Waals surface area (Å²) in [5, 5.41) is 0.